The number of rotatable bonds is 7. The molecule has 10 heteroatoms. The Morgan fingerprint density at radius 3 is 2.64 bits per heavy atom. The van der Waals surface area contributed by atoms with Gasteiger partial charge in [0, 0.05) is 49.0 Å². The maximum absolute atomic E-state index is 13.8. The molecule has 0 atom stereocenters. The third-order valence-electron chi connectivity index (χ3n) is 3.91. The Hall–Kier alpha value is -3.20. The highest BCUT2D eigenvalue weighted by Gasteiger charge is 2.20. The number of hydrogen-bond donors (Lipinski definition) is 1. The van der Waals surface area contributed by atoms with Gasteiger partial charge in [-0.2, -0.15) is 0 Å². The topological polar surface area (TPSA) is 102 Å². The molecule has 2 aromatic carbocycles. The summed E-state index contributed by atoms with van der Waals surface area (Å²) in [5.41, 5.74) is 0.0879. The first-order valence-electron chi connectivity index (χ1n) is 8.04. The fourth-order valence-electron chi connectivity index (χ4n) is 2.36. The number of anilines is 1. The lowest BCUT2D eigenvalue weighted by molar-refractivity contribution is -0.384. The van der Waals surface area contributed by atoms with Crippen molar-refractivity contribution in [3.05, 3.63) is 68.5 Å². The van der Waals surface area contributed by atoms with Crippen molar-refractivity contribution in [3.63, 3.8) is 0 Å². The maximum atomic E-state index is 13.8. The fourth-order valence-corrected chi connectivity index (χ4v) is 2.58. The van der Waals surface area contributed by atoms with Gasteiger partial charge < -0.3 is 15.0 Å². The molecular formula is C18H17ClFN3O5. The minimum Gasteiger partial charge on any atom is -0.452 e. The van der Waals surface area contributed by atoms with Gasteiger partial charge >= 0.3 is 5.97 Å². The number of ether oxygens (including phenoxy) is 1. The molecule has 2 rings (SSSR count). The standard InChI is InChI=1S/C18H17ClFN3O5/c1-21-16-7-6-11(23(26)27)8-12(16)18(25)28-10-17(24)22(2)9-13-14(19)4-3-5-15(13)20/h3-8,21H,9-10H2,1-2H3. The molecule has 0 radical (unpaired) electrons. The van der Waals surface area contributed by atoms with Crippen LogP contribution >= 0.6 is 11.6 Å². The van der Waals surface area contributed by atoms with Crippen LogP contribution in [0.25, 0.3) is 0 Å². The Morgan fingerprint density at radius 1 is 1.32 bits per heavy atom. The van der Waals surface area contributed by atoms with Gasteiger partial charge in [0.25, 0.3) is 11.6 Å². The van der Waals surface area contributed by atoms with Crippen LogP contribution in [-0.2, 0) is 16.1 Å². The van der Waals surface area contributed by atoms with Crippen LogP contribution in [-0.4, -0.2) is 42.4 Å². The van der Waals surface area contributed by atoms with E-state index in [9.17, 15) is 24.1 Å². The number of amides is 1. The van der Waals surface area contributed by atoms with Crippen LogP contribution in [0.1, 0.15) is 15.9 Å². The molecule has 0 saturated heterocycles. The predicted molar refractivity (Wildman–Crippen MR) is 101 cm³/mol. The summed E-state index contributed by atoms with van der Waals surface area (Å²) in [7, 11) is 2.94. The summed E-state index contributed by atoms with van der Waals surface area (Å²) >= 11 is 5.93. The number of esters is 1. The minimum absolute atomic E-state index is 0.0794. The van der Waals surface area contributed by atoms with Crippen molar-refractivity contribution in [2.45, 2.75) is 6.54 Å². The largest absolute Gasteiger partial charge is 0.452 e. The molecule has 0 fully saturated rings. The number of nitro groups is 1. The first-order chi connectivity index (χ1) is 13.2. The molecule has 0 aromatic heterocycles. The van der Waals surface area contributed by atoms with Crippen molar-refractivity contribution in [2.75, 3.05) is 26.0 Å². The normalized spacial score (nSPS) is 10.3. The molecule has 1 amide bonds. The zero-order chi connectivity index (χ0) is 20.8. The average Bonchev–Trinajstić information content (AvgIpc) is 2.67. The molecule has 148 valence electrons. The van der Waals surface area contributed by atoms with Crippen LogP contribution in [0, 0.1) is 15.9 Å². The lowest BCUT2D eigenvalue weighted by Gasteiger charge is -2.18. The molecule has 0 aliphatic heterocycles. The quantitative estimate of drug-likeness (QED) is 0.428. The highest BCUT2D eigenvalue weighted by molar-refractivity contribution is 6.31. The van der Waals surface area contributed by atoms with Gasteiger partial charge in [-0.05, 0) is 18.2 Å². The van der Waals surface area contributed by atoms with E-state index < -0.39 is 29.2 Å². The summed E-state index contributed by atoms with van der Waals surface area (Å²) in [6, 6.07) is 7.83. The maximum Gasteiger partial charge on any atom is 0.341 e. The van der Waals surface area contributed by atoms with Crippen molar-refractivity contribution < 1.29 is 23.6 Å². The number of carbonyl (C=O) groups is 2. The summed E-state index contributed by atoms with van der Waals surface area (Å²) in [6.45, 7) is -0.728. The van der Waals surface area contributed by atoms with Crippen LogP contribution in [0.15, 0.2) is 36.4 Å². The van der Waals surface area contributed by atoms with Gasteiger partial charge in [-0.15, -0.1) is 0 Å². The van der Waals surface area contributed by atoms with Crippen LogP contribution in [0.5, 0.6) is 0 Å². The number of nitro benzene ring substituents is 1. The van der Waals surface area contributed by atoms with Crippen molar-refractivity contribution in [2.24, 2.45) is 0 Å². The second-order valence-electron chi connectivity index (χ2n) is 5.76. The first kappa shape index (κ1) is 21.1. The number of benzene rings is 2. The highest BCUT2D eigenvalue weighted by atomic mass is 35.5. The van der Waals surface area contributed by atoms with Gasteiger partial charge in [0.2, 0.25) is 0 Å². The second-order valence-corrected chi connectivity index (χ2v) is 6.17. The van der Waals surface area contributed by atoms with E-state index in [0.29, 0.717) is 5.69 Å². The third-order valence-corrected chi connectivity index (χ3v) is 4.27. The molecule has 0 bridgehead atoms. The summed E-state index contributed by atoms with van der Waals surface area (Å²) in [6.07, 6.45) is 0. The lowest BCUT2D eigenvalue weighted by atomic mass is 10.1. The van der Waals surface area contributed by atoms with E-state index in [4.69, 9.17) is 16.3 Å². The van der Waals surface area contributed by atoms with E-state index in [1.54, 1.807) is 0 Å². The molecule has 0 spiro atoms. The Kier molecular flexibility index (Phi) is 6.89. The summed E-state index contributed by atoms with van der Waals surface area (Å²) in [5.74, 6) is -2.05. The number of hydrogen-bond acceptors (Lipinski definition) is 6. The van der Waals surface area contributed by atoms with E-state index in [2.05, 4.69) is 5.32 Å². The van der Waals surface area contributed by atoms with E-state index >= 15 is 0 Å². The van der Waals surface area contributed by atoms with Crippen LogP contribution in [0.2, 0.25) is 5.02 Å². The highest BCUT2D eigenvalue weighted by Crippen LogP contribution is 2.23. The average molecular weight is 410 g/mol. The van der Waals surface area contributed by atoms with E-state index in [0.717, 1.165) is 11.0 Å². The Bertz CT molecular complexity index is 902. The van der Waals surface area contributed by atoms with Crippen LogP contribution < -0.4 is 5.32 Å². The van der Waals surface area contributed by atoms with Crippen molar-refractivity contribution in [1.82, 2.24) is 4.90 Å². The van der Waals surface area contributed by atoms with Crippen LogP contribution in [0.3, 0.4) is 0 Å². The number of non-ortho nitro benzene ring substituents is 1. The number of likely N-dealkylation sites (N-methyl/N-ethyl adjacent to an activating group) is 1. The van der Waals surface area contributed by atoms with Gasteiger partial charge in [0.15, 0.2) is 6.61 Å². The van der Waals surface area contributed by atoms with Gasteiger partial charge in [-0.1, -0.05) is 17.7 Å². The molecule has 0 heterocycles. The van der Waals surface area contributed by atoms with Gasteiger partial charge in [-0.3, -0.25) is 14.9 Å². The predicted octanol–water partition coefficient (Wildman–Crippen LogP) is 3.24. The van der Waals surface area contributed by atoms with Crippen LogP contribution in [0.4, 0.5) is 15.8 Å². The number of halogens is 2. The number of carbonyl (C=O) groups excluding carboxylic acids is 2. The fraction of sp³-hybridized carbons (Fsp3) is 0.222. The Balaban J connectivity index is 2.05. The van der Waals surface area contributed by atoms with Crippen molar-refractivity contribution in [1.29, 1.82) is 0 Å². The lowest BCUT2D eigenvalue weighted by Crippen LogP contribution is -2.31. The van der Waals surface area contributed by atoms with Crippen molar-refractivity contribution in [3.8, 4) is 0 Å². The van der Waals surface area contributed by atoms with E-state index in [1.165, 1.54) is 44.4 Å². The Labute approximate surface area is 165 Å². The molecule has 8 nitrogen and oxygen atoms in total. The third kappa shape index (κ3) is 4.95. The second kappa shape index (κ2) is 9.14. The summed E-state index contributed by atoms with van der Waals surface area (Å²) < 4.78 is 18.8. The van der Waals surface area contributed by atoms with Gasteiger partial charge in [-0.25, -0.2) is 9.18 Å². The molecule has 0 aliphatic rings. The first-order valence-corrected chi connectivity index (χ1v) is 8.42. The molecule has 0 saturated carbocycles. The van der Waals surface area contributed by atoms with Crippen molar-refractivity contribution >= 4 is 34.9 Å². The monoisotopic (exact) mass is 409 g/mol. The zero-order valence-corrected chi connectivity index (χ0v) is 15.8. The molecule has 28 heavy (non-hydrogen) atoms. The molecule has 1 N–H and O–H groups in total. The van der Waals surface area contributed by atoms with Gasteiger partial charge in [0.1, 0.15) is 5.82 Å². The van der Waals surface area contributed by atoms with E-state index in [-0.39, 0.29) is 28.4 Å². The Morgan fingerprint density at radius 2 is 2.04 bits per heavy atom. The molecule has 0 aliphatic carbocycles. The minimum atomic E-state index is -0.904. The summed E-state index contributed by atoms with van der Waals surface area (Å²) in [4.78, 5) is 35.9. The van der Waals surface area contributed by atoms with Gasteiger partial charge in [0.05, 0.1) is 10.5 Å². The smallest absolute Gasteiger partial charge is 0.341 e. The SMILES string of the molecule is CNc1ccc([N+](=O)[O-])cc1C(=O)OCC(=O)N(C)Cc1c(F)cccc1Cl. The zero-order valence-electron chi connectivity index (χ0n) is 15.1. The number of nitrogens with one attached hydrogen (secondary N) is 1. The molecular weight excluding hydrogens is 393 g/mol. The molecule has 0 unspecified atom stereocenters. The summed E-state index contributed by atoms with van der Waals surface area (Å²) in [5, 5.41) is 13.8. The van der Waals surface area contributed by atoms with E-state index in [1.807, 2.05) is 0 Å². The number of nitrogens with zero attached hydrogens (tertiary/aromatic N) is 2. The molecule has 2 aromatic rings.